The van der Waals surface area contributed by atoms with Crippen molar-refractivity contribution in [2.75, 3.05) is 0 Å². The van der Waals surface area contributed by atoms with Crippen LogP contribution in [0.4, 0.5) is 0 Å². The topological polar surface area (TPSA) is 72.9 Å². The molecule has 1 amide bonds. The number of nitrogens with one attached hydrogen (secondary N) is 1. The van der Waals surface area contributed by atoms with Crippen LogP contribution in [0.1, 0.15) is 29.9 Å². The number of halogens is 1. The van der Waals surface area contributed by atoms with Gasteiger partial charge in [-0.2, -0.15) is 5.10 Å². The zero-order valence-electron chi connectivity index (χ0n) is 11.4. The molecule has 0 spiro atoms. The van der Waals surface area contributed by atoms with Gasteiger partial charge in [0.05, 0.1) is 5.69 Å². The number of amides is 1. The first kappa shape index (κ1) is 14.7. The summed E-state index contributed by atoms with van der Waals surface area (Å²) < 4.78 is 2.67. The van der Waals surface area contributed by atoms with Gasteiger partial charge >= 0.3 is 0 Å². The Morgan fingerprint density at radius 3 is 2.80 bits per heavy atom. The minimum atomic E-state index is -0.525. The Labute approximate surface area is 126 Å². The van der Waals surface area contributed by atoms with Crippen LogP contribution >= 0.6 is 15.9 Å². The maximum atomic E-state index is 11.1. The number of carbonyl (C=O) groups is 1. The van der Waals surface area contributed by atoms with Crippen LogP contribution in [0.25, 0.3) is 5.69 Å². The third-order valence-corrected chi connectivity index (χ3v) is 3.32. The predicted octanol–water partition coefficient (Wildman–Crippen LogP) is 2.23. The second-order valence-corrected chi connectivity index (χ2v) is 5.73. The van der Waals surface area contributed by atoms with E-state index in [0.717, 1.165) is 22.3 Å². The summed E-state index contributed by atoms with van der Waals surface area (Å²) in [6, 6.07) is 7.94. The molecule has 0 aliphatic heterocycles. The molecule has 2 rings (SSSR count). The van der Waals surface area contributed by atoms with Crippen molar-refractivity contribution in [1.82, 2.24) is 15.1 Å². The number of aromatic nitrogens is 2. The van der Waals surface area contributed by atoms with Gasteiger partial charge in [0, 0.05) is 23.3 Å². The van der Waals surface area contributed by atoms with E-state index in [1.807, 2.05) is 18.2 Å². The van der Waals surface area contributed by atoms with Crippen LogP contribution in [-0.2, 0) is 6.54 Å². The van der Waals surface area contributed by atoms with Gasteiger partial charge in [-0.05, 0) is 29.8 Å². The van der Waals surface area contributed by atoms with E-state index in [9.17, 15) is 4.79 Å². The number of nitrogens with zero attached hydrogens (tertiary/aromatic N) is 2. The highest BCUT2D eigenvalue weighted by molar-refractivity contribution is 9.10. The maximum Gasteiger partial charge on any atom is 0.269 e. The fourth-order valence-electron chi connectivity index (χ4n) is 1.82. The largest absolute Gasteiger partial charge is 0.364 e. The lowest BCUT2D eigenvalue weighted by Gasteiger charge is -2.13. The second-order valence-electron chi connectivity index (χ2n) is 4.82. The molecule has 106 valence electrons. The summed E-state index contributed by atoms with van der Waals surface area (Å²) in [6.45, 7) is 4.91. The SMILES string of the molecule is CC(C)NCc1cc(Br)ccc1-n1ccc(C(N)=O)n1. The lowest BCUT2D eigenvalue weighted by molar-refractivity contribution is 0.0995. The first-order valence-electron chi connectivity index (χ1n) is 6.35. The highest BCUT2D eigenvalue weighted by Gasteiger charge is 2.10. The molecule has 0 fully saturated rings. The van der Waals surface area contributed by atoms with Crippen molar-refractivity contribution in [2.24, 2.45) is 5.73 Å². The number of carbonyl (C=O) groups excluding carboxylic acids is 1. The summed E-state index contributed by atoms with van der Waals surface area (Å²) in [5.41, 5.74) is 7.51. The number of benzene rings is 1. The summed E-state index contributed by atoms with van der Waals surface area (Å²) in [6.07, 6.45) is 1.74. The first-order chi connectivity index (χ1) is 9.47. The zero-order chi connectivity index (χ0) is 14.7. The van der Waals surface area contributed by atoms with E-state index in [1.165, 1.54) is 0 Å². The molecule has 0 aliphatic rings. The Bertz CT molecular complexity index is 621. The molecule has 0 aliphatic carbocycles. The molecule has 0 atom stereocenters. The Balaban J connectivity index is 2.36. The minimum Gasteiger partial charge on any atom is -0.364 e. The van der Waals surface area contributed by atoms with Crippen LogP contribution in [0, 0.1) is 0 Å². The molecule has 1 heterocycles. The van der Waals surface area contributed by atoms with E-state index in [1.54, 1.807) is 16.9 Å². The third-order valence-electron chi connectivity index (χ3n) is 2.83. The lowest BCUT2D eigenvalue weighted by atomic mass is 10.1. The monoisotopic (exact) mass is 336 g/mol. The molecule has 0 saturated carbocycles. The molecule has 0 radical (unpaired) electrons. The molecule has 6 heteroatoms. The first-order valence-corrected chi connectivity index (χ1v) is 7.14. The van der Waals surface area contributed by atoms with Crippen molar-refractivity contribution in [1.29, 1.82) is 0 Å². The van der Waals surface area contributed by atoms with E-state index in [-0.39, 0.29) is 5.69 Å². The fraction of sp³-hybridized carbons (Fsp3) is 0.286. The van der Waals surface area contributed by atoms with Crippen LogP contribution in [0.15, 0.2) is 34.9 Å². The van der Waals surface area contributed by atoms with Crippen LogP contribution in [0.5, 0.6) is 0 Å². The molecule has 0 unspecified atom stereocenters. The number of hydrogen-bond acceptors (Lipinski definition) is 3. The van der Waals surface area contributed by atoms with E-state index >= 15 is 0 Å². The quantitative estimate of drug-likeness (QED) is 0.879. The van der Waals surface area contributed by atoms with Crippen molar-refractivity contribution < 1.29 is 4.79 Å². The van der Waals surface area contributed by atoms with E-state index in [4.69, 9.17) is 5.73 Å². The van der Waals surface area contributed by atoms with Crippen molar-refractivity contribution in [3.8, 4) is 5.69 Å². The van der Waals surface area contributed by atoms with Crippen molar-refractivity contribution in [3.05, 3.63) is 46.2 Å². The number of rotatable bonds is 5. The molecule has 5 nitrogen and oxygen atoms in total. The van der Waals surface area contributed by atoms with E-state index in [0.29, 0.717) is 6.04 Å². The summed E-state index contributed by atoms with van der Waals surface area (Å²) >= 11 is 3.47. The second kappa shape index (κ2) is 6.19. The third kappa shape index (κ3) is 3.46. The van der Waals surface area contributed by atoms with Crippen LogP contribution in [0.2, 0.25) is 0 Å². The average molecular weight is 337 g/mol. The lowest BCUT2D eigenvalue weighted by Crippen LogP contribution is -2.22. The summed E-state index contributed by atoms with van der Waals surface area (Å²) in [7, 11) is 0. The smallest absolute Gasteiger partial charge is 0.269 e. The summed E-state index contributed by atoms with van der Waals surface area (Å²) in [5.74, 6) is -0.525. The van der Waals surface area contributed by atoms with Crippen molar-refractivity contribution in [3.63, 3.8) is 0 Å². The van der Waals surface area contributed by atoms with Crippen molar-refractivity contribution >= 4 is 21.8 Å². The molecule has 0 bridgehead atoms. The number of nitrogens with two attached hydrogens (primary N) is 1. The fourth-order valence-corrected chi connectivity index (χ4v) is 2.23. The van der Waals surface area contributed by atoms with Gasteiger partial charge in [-0.15, -0.1) is 0 Å². The molecular formula is C14H17BrN4O. The van der Waals surface area contributed by atoms with Gasteiger partial charge in [-0.25, -0.2) is 4.68 Å². The molecule has 1 aromatic carbocycles. The van der Waals surface area contributed by atoms with Gasteiger partial charge in [-0.3, -0.25) is 4.79 Å². The predicted molar refractivity (Wildman–Crippen MR) is 81.8 cm³/mol. The van der Waals surface area contributed by atoms with Gasteiger partial charge in [0.15, 0.2) is 0 Å². The zero-order valence-corrected chi connectivity index (χ0v) is 13.0. The molecular weight excluding hydrogens is 320 g/mol. The Morgan fingerprint density at radius 2 is 2.20 bits per heavy atom. The number of hydrogen-bond donors (Lipinski definition) is 2. The molecule has 0 saturated heterocycles. The normalized spacial score (nSPS) is 11.0. The highest BCUT2D eigenvalue weighted by Crippen LogP contribution is 2.20. The molecule has 2 aromatic rings. The van der Waals surface area contributed by atoms with Gasteiger partial charge < -0.3 is 11.1 Å². The summed E-state index contributed by atoms with van der Waals surface area (Å²) in [4.78, 5) is 11.1. The van der Waals surface area contributed by atoms with Crippen LogP contribution in [0.3, 0.4) is 0 Å². The summed E-state index contributed by atoms with van der Waals surface area (Å²) in [5, 5.41) is 7.57. The minimum absolute atomic E-state index is 0.260. The van der Waals surface area contributed by atoms with E-state index in [2.05, 4.69) is 40.2 Å². The molecule has 1 aromatic heterocycles. The van der Waals surface area contributed by atoms with Gasteiger partial charge in [0.1, 0.15) is 5.69 Å². The van der Waals surface area contributed by atoms with Gasteiger partial charge in [0.25, 0.3) is 5.91 Å². The van der Waals surface area contributed by atoms with Gasteiger partial charge in [-0.1, -0.05) is 29.8 Å². The molecule has 20 heavy (non-hydrogen) atoms. The maximum absolute atomic E-state index is 11.1. The average Bonchev–Trinajstić information content (AvgIpc) is 2.86. The molecule has 3 N–H and O–H groups in total. The Hall–Kier alpha value is -1.66. The Kier molecular flexibility index (Phi) is 4.57. The van der Waals surface area contributed by atoms with Crippen LogP contribution < -0.4 is 11.1 Å². The van der Waals surface area contributed by atoms with E-state index < -0.39 is 5.91 Å². The standard InChI is InChI=1S/C14H17BrN4O/c1-9(2)17-8-10-7-11(15)3-4-13(10)19-6-5-12(18-19)14(16)20/h3-7,9,17H,8H2,1-2H3,(H2,16,20). The number of primary amides is 1. The van der Waals surface area contributed by atoms with Gasteiger partial charge in [0.2, 0.25) is 0 Å². The van der Waals surface area contributed by atoms with Crippen molar-refractivity contribution in [2.45, 2.75) is 26.4 Å². The van der Waals surface area contributed by atoms with Crippen LogP contribution in [-0.4, -0.2) is 21.7 Å². The Morgan fingerprint density at radius 1 is 1.45 bits per heavy atom. The highest BCUT2D eigenvalue weighted by atomic mass is 79.9.